The van der Waals surface area contributed by atoms with Gasteiger partial charge in [-0.1, -0.05) is 0 Å². The molecule has 0 bridgehead atoms. The second-order valence-corrected chi connectivity index (χ2v) is 5.12. The minimum absolute atomic E-state index is 0.293. The third-order valence-electron chi connectivity index (χ3n) is 3.33. The summed E-state index contributed by atoms with van der Waals surface area (Å²) < 4.78 is 13.0. The number of hydrogen-bond donors (Lipinski definition) is 2. The maximum absolute atomic E-state index is 13.0. The van der Waals surface area contributed by atoms with Crippen molar-refractivity contribution in [2.24, 2.45) is 0 Å². The average molecular weight is 254 g/mol. The lowest BCUT2D eigenvalue weighted by atomic mass is 9.78. The zero-order valence-corrected chi connectivity index (χ0v) is 10.2. The highest BCUT2D eigenvalue weighted by molar-refractivity contribution is 5.68. The molecule has 2 rings (SSSR count). The molecule has 1 amide bonds. The second kappa shape index (κ2) is 4.20. The van der Waals surface area contributed by atoms with Crippen LogP contribution in [-0.2, 0) is 0 Å². The van der Waals surface area contributed by atoms with E-state index >= 15 is 0 Å². The molecule has 2 N–H and O–H groups in total. The largest absolute Gasteiger partial charge is 0.465 e. The summed E-state index contributed by atoms with van der Waals surface area (Å²) in [6.45, 7) is 3.57. The predicted molar refractivity (Wildman–Crippen MR) is 61.5 cm³/mol. The Kier molecular flexibility index (Phi) is 2.98. The molecule has 5 nitrogen and oxygen atoms in total. The van der Waals surface area contributed by atoms with E-state index in [-0.39, 0.29) is 0 Å². The third-order valence-corrected chi connectivity index (χ3v) is 3.33. The number of aliphatic hydroxyl groups is 1. The second-order valence-electron chi connectivity index (χ2n) is 5.12. The van der Waals surface area contributed by atoms with Gasteiger partial charge in [0.25, 0.3) is 0 Å². The lowest BCUT2D eigenvalue weighted by Crippen LogP contribution is -2.66. The van der Waals surface area contributed by atoms with E-state index < -0.39 is 29.6 Å². The fraction of sp³-hybridized carbons (Fsp3) is 0.500. The molecular formula is C12H15FN2O3. The van der Waals surface area contributed by atoms with Gasteiger partial charge in [0.15, 0.2) is 0 Å². The summed E-state index contributed by atoms with van der Waals surface area (Å²) in [5, 5.41) is 19.2. The Balaban J connectivity index is 2.20. The third kappa shape index (κ3) is 2.03. The SMILES string of the molecule is CC1(C)C[C@@H](C(O)c2cncc(F)c2)N1C(=O)O. The number of carbonyl (C=O) groups is 1. The van der Waals surface area contributed by atoms with Gasteiger partial charge in [-0.3, -0.25) is 9.88 Å². The molecule has 0 radical (unpaired) electrons. The minimum Gasteiger partial charge on any atom is -0.465 e. The molecule has 1 aromatic rings. The average Bonchev–Trinajstić information content (AvgIpc) is 2.24. The Hall–Kier alpha value is -1.69. The first-order valence-corrected chi connectivity index (χ1v) is 5.64. The molecule has 1 aliphatic heterocycles. The van der Waals surface area contributed by atoms with Crippen molar-refractivity contribution in [3.05, 3.63) is 29.8 Å². The van der Waals surface area contributed by atoms with E-state index in [1.54, 1.807) is 13.8 Å². The number of carboxylic acid groups (broad SMARTS) is 1. The highest BCUT2D eigenvalue weighted by atomic mass is 19.1. The Morgan fingerprint density at radius 3 is 2.78 bits per heavy atom. The first-order valence-electron chi connectivity index (χ1n) is 5.64. The van der Waals surface area contributed by atoms with E-state index in [0.717, 1.165) is 6.20 Å². The van der Waals surface area contributed by atoms with Gasteiger partial charge in [-0.2, -0.15) is 0 Å². The van der Waals surface area contributed by atoms with Crippen molar-refractivity contribution in [1.29, 1.82) is 0 Å². The zero-order valence-electron chi connectivity index (χ0n) is 10.2. The van der Waals surface area contributed by atoms with Gasteiger partial charge in [0, 0.05) is 17.3 Å². The molecule has 1 fully saturated rings. The van der Waals surface area contributed by atoms with Crippen LogP contribution in [0.4, 0.5) is 9.18 Å². The van der Waals surface area contributed by atoms with Gasteiger partial charge in [0.1, 0.15) is 11.9 Å². The highest BCUT2D eigenvalue weighted by Gasteiger charge is 2.51. The van der Waals surface area contributed by atoms with Gasteiger partial charge >= 0.3 is 6.09 Å². The molecule has 0 aromatic carbocycles. The summed E-state index contributed by atoms with van der Waals surface area (Å²) in [5.41, 5.74) is -0.208. The standard InChI is InChI=1S/C12H15FN2O3/c1-12(2)4-9(15(12)11(17)18)10(16)7-3-8(13)6-14-5-7/h3,5-6,9-10,16H,4H2,1-2H3,(H,17,18)/t9-,10?/m0/s1. The number of aliphatic hydroxyl groups excluding tert-OH is 1. The molecule has 2 heterocycles. The Morgan fingerprint density at radius 1 is 1.61 bits per heavy atom. The van der Waals surface area contributed by atoms with Gasteiger partial charge in [0.2, 0.25) is 0 Å². The van der Waals surface area contributed by atoms with Crippen LogP contribution in [0, 0.1) is 5.82 Å². The van der Waals surface area contributed by atoms with Crippen LogP contribution in [0.1, 0.15) is 31.9 Å². The molecule has 2 atom stereocenters. The van der Waals surface area contributed by atoms with Gasteiger partial charge < -0.3 is 10.2 Å². The van der Waals surface area contributed by atoms with Crippen molar-refractivity contribution >= 4 is 6.09 Å². The Labute approximate surface area is 104 Å². The van der Waals surface area contributed by atoms with E-state index in [9.17, 15) is 14.3 Å². The number of halogens is 1. The van der Waals surface area contributed by atoms with Gasteiger partial charge in [-0.05, 0) is 26.3 Å². The summed E-state index contributed by atoms with van der Waals surface area (Å²) >= 11 is 0. The molecule has 18 heavy (non-hydrogen) atoms. The highest BCUT2D eigenvalue weighted by Crippen LogP contribution is 2.42. The van der Waals surface area contributed by atoms with Crippen molar-refractivity contribution in [2.45, 2.75) is 38.0 Å². The lowest BCUT2D eigenvalue weighted by molar-refractivity contribution is -0.0853. The van der Waals surface area contributed by atoms with Crippen molar-refractivity contribution < 1.29 is 19.4 Å². The Bertz CT molecular complexity index is 478. The topological polar surface area (TPSA) is 73.7 Å². The van der Waals surface area contributed by atoms with Crippen LogP contribution in [-0.4, -0.2) is 37.8 Å². The van der Waals surface area contributed by atoms with E-state index in [4.69, 9.17) is 5.11 Å². The van der Waals surface area contributed by atoms with E-state index in [0.29, 0.717) is 12.0 Å². The number of nitrogens with zero attached hydrogens (tertiary/aromatic N) is 2. The molecule has 98 valence electrons. The van der Waals surface area contributed by atoms with Crippen LogP contribution in [0.25, 0.3) is 0 Å². The Morgan fingerprint density at radius 2 is 2.28 bits per heavy atom. The van der Waals surface area contributed by atoms with Crippen molar-refractivity contribution in [1.82, 2.24) is 9.88 Å². The zero-order chi connectivity index (χ0) is 13.5. The quantitative estimate of drug-likeness (QED) is 0.843. The van der Waals surface area contributed by atoms with Crippen molar-refractivity contribution in [3.63, 3.8) is 0 Å². The summed E-state index contributed by atoms with van der Waals surface area (Å²) in [7, 11) is 0. The number of pyridine rings is 1. The maximum Gasteiger partial charge on any atom is 0.408 e. The number of rotatable bonds is 2. The van der Waals surface area contributed by atoms with Crippen LogP contribution in [0.3, 0.4) is 0 Å². The van der Waals surface area contributed by atoms with Gasteiger partial charge in [0.05, 0.1) is 12.2 Å². The molecule has 0 aliphatic carbocycles. The van der Waals surface area contributed by atoms with Crippen molar-refractivity contribution in [2.75, 3.05) is 0 Å². The molecule has 1 saturated heterocycles. The smallest absolute Gasteiger partial charge is 0.408 e. The van der Waals surface area contributed by atoms with E-state index in [2.05, 4.69) is 4.98 Å². The first kappa shape index (κ1) is 12.8. The predicted octanol–water partition coefficient (Wildman–Crippen LogP) is 1.78. The van der Waals surface area contributed by atoms with Crippen LogP contribution in [0.5, 0.6) is 0 Å². The van der Waals surface area contributed by atoms with Crippen LogP contribution in [0.15, 0.2) is 18.5 Å². The molecule has 1 aromatic heterocycles. The molecule has 1 aliphatic rings. The number of aromatic nitrogens is 1. The van der Waals surface area contributed by atoms with E-state index in [1.807, 2.05) is 0 Å². The van der Waals surface area contributed by atoms with Crippen LogP contribution >= 0.6 is 0 Å². The monoisotopic (exact) mass is 254 g/mol. The lowest BCUT2D eigenvalue weighted by Gasteiger charge is -2.54. The fourth-order valence-electron chi connectivity index (χ4n) is 2.50. The van der Waals surface area contributed by atoms with Crippen molar-refractivity contribution in [3.8, 4) is 0 Å². The van der Waals surface area contributed by atoms with Crippen LogP contribution in [0.2, 0.25) is 0 Å². The summed E-state index contributed by atoms with van der Waals surface area (Å²) in [5.74, 6) is -0.549. The van der Waals surface area contributed by atoms with Gasteiger partial charge in [-0.25, -0.2) is 9.18 Å². The summed E-state index contributed by atoms with van der Waals surface area (Å²) in [6.07, 6.45) is 0.767. The summed E-state index contributed by atoms with van der Waals surface area (Å²) in [6, 6.07) is 0.615. The summed E-state index contributed by atoms with van der Waals surface area (Å²) in [4.78, 5) is 16.0. The first-order chi connectivity index (χ1) is 8.33. The number of likely N-dealkylation sites (tertiary alicyclic amines) is 1. The molecule has 0 saturated carbocycles. The number of hydrogen-bond acceptors (Lipinski definition) is 3. The molecule has 0 spiro atoms. The number of amides is 1. The molecule has 6 heteroatoms. The normalized spacial score (nSPS) is 23.3. The fourth-order valence-corrected chi connectivity index (χ4v) is 2.50. The maximum atomic E-state index is 13.0. The van der Waals surface area contributed by atoms with E-state index in [1.165, 1.54) is 17.2 Å². The van der Waals surface area contributed by atoms with Gasteiger partial charge in [-0.15, -0.1) is 0 Å². The molecular weight excluding hydrogens is 239 g/mol. The molecule has 1 unspecified atom stereocenters. The minimum atomic E-state index is -1.08. The van der Waals surface area contributed by atoms with Crippen LogP contribution < -0.4 is 0 Å².